The number of fused-ring (bicyclic) bond motifs is 2. The first kappa shape index (κ1) is 20.2. The number of aromatic nitrogens is 1. The number of ether oxygens (including phenoxy) is 1. The summed E-state index contributed by atoms with van der Waals surface area (Å²) in [6, 6.07) is 4.55. The van der Waals surface area contributed by atoms with Gasteiger partial charge in [0.05, 0.1) is 11.3 Å². The molecule has 3 heterocycles. The van der Waals surface area contributed by atoms with E-state index in [1.54, 1.807) is 0 Å². The second kappa shape index (κ2) is 8.42. The number of primary amides is 1. The number of pyridine rings is 1. The molecule has 6 nitrogen and oxygen atoms in total. The minimum Gasteiger partial charge on any atom is -0.491 e. The molecule has 0 spiro atoms. The van der Waals surface area contributed by atoms with Crippen LogP contribution in [-0.2, 0) is 19.3 Å². The van der Waals surface area contributed by atoms with Crippen LogP contribution in [0.1, 0.15) is 59.3 Å². The second-order valence-corrected chi connectivity index (χ2v) is 8.98. The Labute approximate surface area is 183 Å². The van der Waals surface area contributed by atoms with Gasteiger partial charge < -0.3 is 15.4 Å². The van der Waals surface area contributed by atoms with E-state index < -0.39 is 5.91 Å². The Kier molecular flexibility index (Phi) is 5.48. The lowest BCUT2D eigenvalue weighted by Gasteiger charge is -2.32. The average molecular weight is 419 g/mol. The number of benzene rings is 1. The zero-order chi connectivity index (χ0) is 21.4. The lowest BCUT2D eigenvalue weighted by molar-refractivity contribution is 0.0987. The number of aryl methyl sites for hydroxylation is 2. The summed E-state index contributed by atoms with van der Waals surface area (Å²) >= 11 is 0. The molecule has 0 radical (unpaired) electrons. The molecule has 2 aliphatic heterocycles. The molecule has 0 bridgehead atoms. The number of amides is 1. The molecule has 1 aromatic carbocycles. The van der Waals surface area contributed by atoms with Crippen molar-refractivity contribution in [2.45, 2.75) is 57.4 Å². The molecule has 1 aromatic heterocycles. The molecule has 1 saturated heterocycles. The zero-order valence-corrected chi connectivity index (χ0v) is 18.2. The molecule has 1 aliphatic carbocycles. The normalized spacial score (nSPS) is 20.4. The van der Waals surface area contributed by atoms with E-state index in [-0.39, 0.29) is 0 Å². The largest absolute Gasteiger partial charge is 0.491 e. The first-order chi connectivity index (χ1) is 15.1. The molecule has 1 atom stereocenters. The number of nitrogens with two attached hydrogens (primary N) is 1. The molecule has 5 rings (SSSR count). The van der Waals surface area contributed by atoms with E-state index in [0.29, 0.717) is 30.4 Å². The van der Waals surface area contributed by atoms with Crippen LogP contribution in [-0.4, -0.2) is 48.2 Å². The SMILES string of the molecule is CN1CCCCC1COc1cc(-c2cnc3c(c2)CCCC3)c2c(c1C(N)=O)CC=N2. The molecule has 6 heteroatoms. The quantitative estimate of drug-likeness (QED) is 0.800. The first-order valence-electron chi connectivity index (χ1n) is 11.4. The number of carbonyl (C=O) groups is 1. The third-order valence-electron chi connectivity index (χ3n) is 6.96. The number of carbonyl (C=O) groups excluding carboxylic acids is 1. The zero-order valence-electron chi connectivity index (χ0n) is 18.2. The maximum Gasteiger partial charge on any atom is 0.252 e. The summed E-state index contributed by atoms with van der Waals surface area (Å²) in [6.07, 6.45) is 12.5. The van der Waals surface area contributed by atoms with E-state index in [4.69, 9.17) is 15.5 Å². The van der Waals surface area contributed by atoms with Crippen molar-refractivity contribution in [1.82, 2.24) is 9.88 Å². The monoisotopic (exact) mass is 418 g/mol. The van der Waals surface area contributed by atoms with Crippen molar-refractivity contribution in [3.05, 3.63) is 40.7 Å². The highest BCUT2D eigenvalue weighted by atomic mass is 16.5. The highest BCUT2D eigenvalue weighted by molar-refractivity contribution is 6.03. The summed E-state index contributed by atoms with van der Waals surface area (Å²) in [5.41, 5.74) is 12.5. The summed E-state index contributed by atoms with van der Waals surface area (Å²) in [5, 5.41) is 0. The van der Waals surface area contributed by atoms with E-state index in [1.165, 1.54) is 36.9 Å². The van der Waals surface area contributed by atoms with E-state index >= 15 is 0 Å². The molecule has 0 saturated carbocycles. The van der Waals surface area contributed by atoms with Crippen LogP contribution in [0, 0.1) is 0 Å². The van der Waals surface area contributed by atoms with Gasteiger partial charge in [-0.2, -0.15) is 0 Å². The van der Waals surface area contributed by atoms with E-state index in [0.717, 1.165) is 48.2 Å². The number of aliphatic imine (C=N–C) groups is 1. The molecule has 1 unspecified atom stereocenters. The van der Waals surface area contributed by atoms with Crippen molar-refractivity contribution >= 4 is 17.8 Å². The minimum absolute atomic E-state index is 0.354. The Morgan fingerprint density at radius 3 is 2.94 bits per heavy atom. The van der Waals surface area contributed by atoms with Gasteiger partial charge in [0.25, 0.3) is 5.91 Å². The van der Waals surface area contributed by atoms with Gasteiger partial charge in [0.1, 0.15) is 12.4 Å². The van der Waals surface area contributed by atoms with Crippen molar-refractivity contribution in [3.8, 4) is 16.9 Å². The standard InChI is InChI=1S/C25H30N4O2/c1-29-11-5-4-7-18(29)15-31-22-13-20(24-19(9-10-27-24)23(22)25(26)30)17-12-16-6-2-3-8-21(16)28-14-17/h10,12-14,18H,2-9,11,15H2,1H3,(H2,26,30). The highest BCUT2D eigenvalue weighted by Gasteiger charge is 2.27. The number of nitrogens with zero attached hydrogens (tertiary/aromatic N) is 3. The predicted octanol–water partition coefficient (Wildman–Crippen LogP) is 3.85. The number of piperidine rings is 1. The Morgan fingerprint density at radius 2 is 2.10 bits per heavy atom. The lowest BCUT2D eigenvalue weighted by Crippen LogP contribution is -2.40. The van der Waals surface area contributed by atoms with Crippen LogP contribution in [0.5, 0.6) is 5.75 Å². The number of hydrogen-bond acceptors (Lipinski definition) is 5. The van der Waals surface area contributed by atoms with Gasteiger partial charge in [0.2, 0.25) is 0 Å². The van der Waals surface area contributed by atoms with Crippen LogP contribution in [0.25, 0.3) is 11.1 Å². The fourth-order valence-corrected chi connectivity index (χ4v) is 5.16. The molecule has 31 heavy (non-hydrogen) atoms. The van der Waals surface area contributed by atoms with Crippen molar-refractivity contribution in [3.63, 3.8) is 0 Å². The molecule has 3 aliphatic rings. The van der Waals surface area contributed by atoms with Crippen LogP contribution >= 0.6 is 0 Å². The van der Waals surface area contributed by atoms with Crippen LogP contribution in [0.3, 0.4) is 0 Å². The summed E-state index contributed by atoms with van der Waals surface area (Å²) in [6.45, 7) is 1.64. The van der Waals surface area contributed by atoms with Crippen LogP contribution in [0.4, 0.5) is 5.69 Å². The lowest BCUT2D eigenvalue weighted by atomic mass is 9.91. The third kappa shape index (κ3) is 3.85. The Balaban J connectivity index is 1.54. The van der Waals surface area contributed by atoms with Crippen molar-refractivity contribution < 1.29 is 9.53 Å². The van der Waals surface area contributed by atoms with Crippen LogP contribution in [0.15, 0.2) is 23.3 Å². The average Bonchev–Trinajstić information content (AvgIpc) is 3.26. The van der Waals surface area contributed by atoms with Crippen LogP contribution < -0.4 is 10.5 Å². The molecule has 1 amide bonds. The second-order valence-electron chi connectivity index (χ2n) is 8.98. The Morgan fingerprint density at radius 1 is 1.23 bits per heavy atom. The van der Waals surface area contributed by atoms with Gasteiger partial charge in [-0.1, -0.05) is 6.42 Å². The van der Waals surface area contributed by atoms with Gasteiger partial charge in [-0.05, 0) is 69.8 Å². The van der Waals surface area contributed by atoms with Crippen LogP contribution in [0.2, 0.25) is 0 Å². The Bertz CT molecular complexity index is 1050. The van der Waals surface area contributed by atoms with E-state index in [1.807, 2.05) is 18.5 Å². The molecule has 2 aromatic rings. The minimum atomic E-state index is -0.455. The smallest absolute Gasteiger partial charge is 0.252 e. The van der Waals surface area contributed by atoms with Gasteiger partial charge in [-0.25, -0.2) is 0 Å². The summed E-state index contributed by atoms with van der Waals surface area (Å²) in [7, 11) is 2.14. The number of likely N-dealkylation sites (tertiary alicyclic amines) is 1. The van der Waals surface area contributed by atoms with E-state index in [2.05, 4.69) is 23.0 Å². The Hall–Kier alpha value is -2.73. The number of rotatable bonds is 5. The molecular weight excluding hydrogens is 388 g/mol. The highest BCUT2D eigenvalue weighted by Crippen LogP contribution is 2.43. The fourth-order valence-electron chi connectivity index (χ4n) is 5.16. The molecule has 2 N–H and O–H groups in total. The van der Waals surface area contributed by atoms with Crippen molar-refractivity contribution in [2.75, 3.05) is 20.2 Å². The van der Waals surface area contributed by atoms with E-state index in [9.17, 15) is 4.79 Å². The topological polar surface area (TPSA) is 80.8 Å². The van der Waals surface area contributed by atoms with Gasteiger partial charge in [-0.15, -0.1) is 0 Å². The number of likely N-dealkylation sites (N-methyl/N-ethyl adjacent to an activating group) is 1. The van der Waals surface area contributed by atoms with Gasteiger partial charge in [0, 0.05) is 47.3 Å². The third-order valence-corrected chi connectivity index (χ3v) is 6.96. The molecule has 162 valence electrons. The first-order valence-corrected chi connectivity index (χ1v) is 11.4. The summed E-state index contributed by atoms with van der Waals surface area (Å²) in [5.74, 6) is 0.118. The predicted molar refractivity (Wildman–Crippen MR) is 122 cm³/mol. The van der Waals surface area contributed by atoms with Gasteiger partial charge in [-0.3, -0.25) is 14.8 Å². The van der Waals surface area contributed by atoms with Crippen molar-refractivity contribution in [2.24, 2.45) is 10.7 Å². The maximum atomic E-state index is 12.4. The maximum absolute atomic E-state index is 12.4. The van der Waals surface area contributed by atoms with Gasteiger partial charge >= 0.3 is 0 Å². The molecular formula is C25H30N4O2. The summed E-state index contributed by atoms with van der Waals surface area (Å²) < 4.78 is 6.29. The van der Waals surface area contributed by atoms with Crippen molar-refractivity contribution in [1.29, 1.82) is 0 Å². The number of hydrogen-bond donors (Lipinski definition) is 1. The molecule has 1 fully saturated rings. The van der Waals surface area contributed by atoms with Gasteiger partial charge in [0.15, 0.2) is 0 Å². The summed E-state index contributed by atoms with van der Waals surface area (Å²) in [4.78, 5) is 24.1. The fraction of sp³-hybridized carbons (Fsp3) is 0.480.